The van der Waals surface area contributed by atoms with Crippen LogP contribution in [0, 0.1) is 0 Å². The van der Waals surface area contributed by atoms with Gasteiger partial charge >= 0.3 is 0 Å². The van der Waals surface area contributed by atoms with Gasteiger partial charge in [0.1, 0.15) is 12.4 Å². The molecule has 0 aromatic heterocycles. The number of fused-ring (bicyclic) bond motifs is 1. The average Bonchev–Trinajstić information content (AvgIpc) is 2.59. The first-order valence-corrected chi connectivity index (χ1v) is 8.13. The number of benzene rings is 3. The normalized spacial score (nSPS) is 10.8. The van der Waals surface area contributed by atoms with Gasteiger partial charge in [-0.3, -0.25) is 4.79 Å². The Morgan fingerprint density at radius 3 is 2.54 bits per heavy atom. The van der Waals surface area contributed by atoms with Crippen LogP contribution in [0.15, 0.2) is 66.7 Å². The number of ether oxygens (including phenoxy) is 1. The van der Waals surface area contributed by atoms with Crippen molar-refractivity contribution in [1.29, 1.82) is 0 Å². The van der Waals surface area contributed by atoms with E-state index in [9.17, 15) is 4.79 Å². The van der Waals surface area contributed by atoms with Crippen LogP contribution in [0.3, 0.4) is 0 Å². The highest BCUT2D eigenvalue weighted by Gasteiger charge is 2.07. The molecule has 0 saturated heterocycles. The van der Waals surface area contributed by atoms with Crippen molar-refractivity contribution in [2.45, 2.75) is 26.5 Å². The maximum atomic E-state index is 12.1. The van der Waals surface area contributed by atoms with Crippen LogP contribution in [0.2, 0.25) is 0 Å². The van der Waals surface area contributed by atoms with Crippen molar-refractivity contribution in [2.24, 2.45) is 0 Å². The lowest BCUT2D eigenvalue weighted by Gasteiger charge is -2.10. The van der Waals surface area contributed by atoms with Crippen molar-refractivity contribution in [3.8, 4) is 5.75 Å². The number of carbonyl (C=O) groups excluding carboxylic acids is 1. The molecule has 1 N–H and O–H groups in total. The molecule has 3 nitrogen and oxygen atoms in total. The van der Waals surface area contributed by atoms with E-state index in [1.54, 1.807) is 0 Å². The molecule has 3 heteroatoms. The van der Waals surface area contributed by atoms with E-state index in [1.165, 1.54) is 5.39 Å². The molecule has 0 fully saturated rings. The topological polar surface area (TPSA) is 38.3 Å². The van der Waals surface area contributed by atoms with Crippen molar-refractivity contribution in [3.63, 3.8) is 0 Å². The van der Waals surface area contributed by atoms with Gasteiger partial charge in [0.2, 0.25) is 0 Å². The Labute approximate surface area is 142 Å². The summed E-state index contributed by atoms with van der Waals surface area (Å²) in [5.41, 5.74) is 1.63. The van der Waals surface area contributed by atoms with Gasteiger partial charge in [-0.1, -0.05) is 42.5 Å². The van der Waals surface area contributed by atoms with E-state index in [2.05, 4.69) is 23.5 Å². The molecule has 0 aliphatic rings. The maximum Gasteiger partial charge on any atom is 0.251 e. The molecule has 0 aliphatic carbocycles. The lowest BCUT2D eigenvalue weighted by Crippen LogP contribution is -2.30. The SMILES string of the molecule is CC(C)NC(=O)c1cccc(COc2ccc3ccccc3c2)c1. The number of amides is 1. The summed E-state index contributed by atoms with van der Waals surface area (Å²) < 4.78 is 5.88. The zero-order valence-corrected chi connectivity index (χ0v) is 14.0. The summed E-state index contributed by atoms with van der Waals surface area (Å²) in [6.07, 6.45) is 0. The first kappa shape index (κ1) is 16.1. The van der Waals surface area contributed by atoms with Gasteiger partial charge in [-0.25, -0.2) is 0 Å². The summed E-state index contributed by atoms with van der Waals surface area (Å²) >= 11 is 0. The highest BCUT2D eigenvalue weighted by atomic mass is 16.5. The lowest BCUT2D eigenvalue weighted by atomic mass is 10.1. The number of nitrogens with one attached hydrogen (secondary N) is 1. The van der Waals surface area contributed by atoms with Gasteiger partial charge in [0, 0.05) is 11.6 Å². The highest BCUT2D eigenvalue weighted by molar-refractivity contribution is 5.94. The quantitative estimate of drug-likeness (QED) is 0.749. The fraction of sp³-hybridized carbons (Fsp3) is 0.190. The highest BCUT2D eigenvalue weighted by Crippen LogP contribution is 2.21. The van der Waals surface area contributed by atoms with Gasteiger partial charge in [-0.05, 0) is 54.4 Å². The summed E-state index contributed by atoms with van der Waals surface area (Å²) in [6.45, 7) is 4.33. The molecule has 122 valence electrons. The van der Waals surface area contributed by atoms with E-state index in [4.69, 9.17) is 4.74 Å². The van der Waals surface area contributed by atoms with Crippen LogP contribution in [0.25, 0.3) is 10.8 Å². The van der Waals surface area contributed by atoms with E-state index in [-0.39, 0.29) is 11.9 Å². The third-order valence-electron chi connectivity index (χ3n) is 3.74. The smallest absolute Gasteiger partial charge is 0.251 e. The van der Waals surface area contributed by atoms with Crippen molar-refractivity contribution in [2.75, 3.05) is 0 Å². The Bertz CT molecular complexity index is 855. The molecular formula is C21H21NO2. The monoisotopic (exact) mass is 319 g/mol. The lowest BCUT2D eigenvalue weighted by molar-refractivity contribution is 0.0943. The number of hydrogen-bond acceptors (Lipinski definition) is 2. The fourth-order valence-corrected chi connectivity index (χ4v) is 2.57. The van der Waals surface area contributed by atoms with E-state index >= 15 is 0 Å². The fourth-order valence-electron chi connectivity index (χ4n) is 2.57. The number of carbonyl (C=O) groups is 1. The molecule has 0 radical (unpaired) electrons. The van der Waals surface area contributed by atoms with E-state index < -0.39 is 0 Å². The van der Waals surface area contributed by atoms with Crippen LogP contribution in [-0.4, -0.2) is 11.9 Å². The molecule has 24 heavy (non-hydrogen) atoms. The molecule has 1 amide bonds. The van der Waals surface area contributed by atoms with Gasteiger partial charge in [-0.15, -0.1) is 0 Å². The van der Waals surface area contributed by atoms with Gasteiger partial charge in [0.25, 0.3) is 5.91 Å². The minimum Gasteiger partial charge on any atom is -0.489 e. The van der Waals surface area contributed by atoms with E-state index in [0.717, 1.165) is 16.7 Å². The summed E-state index contributed by atoms with van der Waals surface area (Å²) in [4.78, 5) is 12.1. The minimum atomic E-state index is -0.0578. The Kier molecular flexibility index (Phi) is 4.80. The molecule has 0 atom stereocenters. The van der Waals surface area contributed by atoms with Crippen molar-refractivity contribution in [1.82, 2.24) is 5.32 Å². The van der Waals surface area contributed by atoms with Crippen LogP contribution >= 0.6 is 0 Å². The number of rotatable bonds is 5. The van der Waals surface area contributed by atoms with E-state index in [0.29, 0.717) is 12.2 Å². The zero-order valence-electron chi connectivity index (χ0n) is 14.0. The Morgan fingerprint density at radius 1 is 0.958 bits per heavy atom. The predicted octanol–water partition coefficient (Wildman–Crippen LogP) is 4.56. The van der Waals surface area contributed by atoms with Crippen LogP contribution < -0.4 is 10.1 Å². The molecule has 0 saturated carbocycles. The second kappa shape index (κ2) is 7.18. The van der Waals surface area contributed by atoms with Gasteiger partial charge in [0.05, 0.1) is 0 Å². The Balaban J connectivity index is 1.70. The molecule has 3 rings (SSSR count). The van der Waals surface area contributed by atoms with Crippen LogP contribution in [0.4, 0.5) is 0 Å². The van der Waals surface area contributed by atoms with Crippen LogP contribution in [-0.2, 0) is 6.61 Å². The maximum absolute atomic E-state index is 12.1. The van der Waals surface area contributed by atoms with Gasteiger partial charge < -0.3 is 10.1 Å². The average molecular weight is 319 g/mol. The molecule has 0 bridgehead atoms. The van der Waals surface area contributed by atoms with Gasteiger partial charge in [0.15, 0.2) is 0 Å². The van der Waals surface area contributed by atoms with E-state index in [1.807, 2.05) is 62.4 Å². The van der Waals surface area contributed by atoms with Crippen molar-refractivity contribution in [3.05, 3.63) is 77.9 Å². The van der Waals surface area contributed by atoms with Crippen molar-refractivity contribution < 1.29 is 9.53 Å². The second-order valence-electron chi connectivity index (χ2n) is 6.13. The van der Waals surface area contributed by atoms with Crippen LogP contribution in [0.1, 0.15) is 29.8 Å². The van der Waals surface area contributed by atoms with Gasteiger partial charge in [-0.2, -0.15) is 0 Å². The second-order valence-corrected chi connectivity index (χ2v) is 6.13. The Morgan fingerprint density at radius 2 is 1.75 bits per heavy atom. The molecular weight excluding hydrogens is 298 g/mol. The molecule has 0 spiro atoms. The Hall–Kier alpha value is -2.81. The summed E-state index contributed by atoms with van der Waals surface area (Å²) in [5, 5.41) is 5.25. The summed E-state index contributed by atoms with van der Waals surface area (Å²) in [6, 6.07) is 21.9. The first-order valence-electron chi connectivity index (χ1n) is 8.13. The summed E-state index contributed by atoms with van der Waals surface area (Å²) in [7, 11) is 0. The molecule has 3 aromatic rings. The van der Waals surface area contributed by atoms with Crippen molar-refractivity contribution >= 4 is 16.7 Å². The molecule has 3 aromatic carbocycles. The summed E-state index contributed by atoms with van der Waals surface area (Å²) in [5.74, 6) is 0.767. The zero-order chi connectivity index (χ0) is 16.9. The predicted molar refractivity (Wildman–Crippen MR) is 97.3 cm³/mol. The molecule has 0 heterocycles. The number of hydrogen-bond donors (Lipinski definition) is 1. The molecule has 0 aliphatic heterocycles. The standard InChI is InChI=1S/C21H21NO2/c1-15(2)22-21(23)19-9-5-6-16(12-19)14-24-20-11-10-17-7-3-4-8-18(17)13-20/h3-13,15H,14H2,1-2H3,(H,22,23). The van der Waals surface area contributed by atoms with Crippen LogP contribution in [0.5, 0.6) is 5.75 Å². The molecule has 0 unspecified atom stereocenters. The third kappa shape index (κ3) is 3.93. The minimum absolute atomic E-state index is 0.0578. The largest absolute Gasteiger partial charge is 0.489 e. The third-order valence-corrected chi connectivity index (χ3v) is 3.74. The first-order chi connectivity index (χ1) is 11.6.